The van der Waals surface area contributed by atoms with Crippen LogP contribution < -0.4 is 0 Å². The molecule has 4 heteroatoms. The van der Waals surface area contributed by atoms with Gasteiger partial charge in [-0.3, -0.25) is 0 Å². The molecule has 0 saturated heterocycles. The molecule has 0 aliphatic heterocycles. The molecule has 0 aliphatic rings. The van der Waals surface area contributed by atoms with E-state index in [1.165, 1.54) is 21.7 Å². The molecular weight excluding hydrogens is 621 g/mol. The molecule has 10 rings (SSSR count). The highest BCUT2D eigenvalue weighted by molar-refractivity contribution is 6.20. The smallest absolute Gasteiger partial charge is 0.160 e. The van der Waals surface area contributed by atoms with Gasteiger partial charge in [0.15, 0.2) is 5.82 Å². The monoisotopic (exact) mass is 650 g/mol. The lowest BCUT2D eigenvalue weighted by molar-refractivity contribution is 1.18. The summed E-state index contributed by atoms with van der Waals surface area (Å²) in [7, 11) is 0. The molecule has 0 saturated carbocycles. The number of fused-ring (bicyclic) bond motifs is 6. The van der Waals surface area contributed by atoms with Crippen LogP contribution in [0.2, 0.25) is 0 Å². The maximum absolute atomic E-state index is 5.36. The highest BCUT2D eigenvalue weighted by Gasteiger charge is 2.18. The van der Waals surface area contributed by atoms with Crippen molar-refractivity contribution >= 4 is 43.5 Å². The summed E-state index contributed by atoms with van der Waals surface area (Å²) in [6.45, 7) is 0. The van der Waals surface area contributed by atoms with E-state index in [2.05, 4.69) is 150 Å². The number of hydrogen-bond donors (Lipinski definition) is 0. The molecule has 10 aromatic rings. The van der Waals surface area contributed by atoms with Crippen LogP contribution in [0.15, 0.2) is 182 Å². The molecule has 0 N–H and O–H groups in total. The molecule has 0 fully saturated rings. The topological polar surface area (TPSA) is 43.6 Å². The Hall–Kier alpha value is -6.91. The Morgan fingerprint density at radius 3 is 1.73 bits per heavy atom. The minimum atomic E-state index is 0.697. The van der Waals surface area contributed by atoms with Crippen molar-refractivity contribution in [2.24, 2.45) is 0 Å². The predicted octanol–water partition coefficient (Wildman–Crippen LogP) is 11.9. The van der Waals surface area contributed by atoms with Gasteiger partial charge in [0.25, 0.3) is 0 Å². The van der Waals surface area contributed by atoms with E-state index < -0.39 is 0 Å². The van der Waals surface area contributed by atoms with E-state index in [-0.39, 0.29) is 0 Å². The van der Waals surface area contributed by atoms with Crippen LogP contribution in [0.4, 0.5) is 0 Å². The number of hydrogen-bond acceptors (Lipinski definition) is 3. The molecular formula is C47H30N4. The fourth-order valence-electron chi connectivity index (χ4n) is 7.38. The maximum Gasteiger partial charge on any atom is 0.160 e. The predicted molar refractivity (Wildman–Crippen MR) is 211 cm³/mol. The molecule has 4 nitrogen and oxygen atoms in total. The summed E-state index contributed by atoms with van der Waals surface area (Å²) in [6, 6.07) is 63.7. The molecule has 238 valence electrons. The first-order chi connectivity index (χ1) is 25.3. The van der Waals surface area contributed by atoms with Gasteiger partial charge in [0, 0.05) is 49.5 Å². The van der Waals surface area contributed by atoms with Crippen LogP contribution in [0.3, 0.4) is 0 Å². The largest absolute Gasteiger partial charge is 0.309 e. The van der Waals surface area contributed by atoms with Gasteiger partial charge in [0.1, 0.15) is 0 Å². The Balaban J connectivity index is 1.23. The average molecular weight is 651 g/mol. The number of para-hydroxylation sites is 3. The highest BCUT2D eigenvalue weighted by Crippen LogP contribution is 2.40. The van der Waals surface area contributed by atoms with E-state index in [1.54, 1.807) is 0 Å². The van der Waals surface area contributed by atoms with Crippen molar-refractivity contribution in [1.29, 1.82) is 0 Å². The number of benzene rings is 7. The fourth-order valence-corrected chi connectivity index (χ4v) is 7.38. The van der Waals surface area contributed by atoms with Gasteiger partial charge in [-0.05, 0) is 53.9 Å². The van der Waals surface area contributed by atoms with Crippen molar-refractivity contribution in [2.75, 3.05) is 0 Å². The molecule has 3 heterocycles. The molecule has 51 heavy (non-hydrogen) atoms. The zero-order chi connectivity index (χ0) is 33.7. The highest BCUT2D eigenvalue weighted by atomic mass is 15.0. The normalized spacial score (nSPS) is 11.5. The third-order valence-corrected chi connectivity index (χ3v) is 9.77. The van der Waals surface area contributed by atoms with Crippen molar-refractivity contribution in [3.63, 3.8) is 0 Å². The summed E-state index contributed by atoms with van der Waals surface area (Å²) in [4.78, 5) is 15.5. The lowest BCUT2D eigenvalue weighted by Crippen LogP contribution is -1.96. The Morgan fingerprint density at radius 2 is 0.941 bits per heavy atom. The molecule has 3 aromatic heterocycles. The van der Waals surface area contributed by atoms with Gasteiger partial charge >= 0.3 is 0 Å². The van der Waals surface area contributed by atoms with Crippen LogP contribution in [0.25, 0.3) is 94.3 Å². The molecule has 0 unspecified atom stereocenters. The molecule has 0 bridgehead atoms. The maximum atomic E-state index is 5.36. The molecule has 0 radical (unpaired) electrons. The minimum absolute atomic E-state index is 0.697. The van der Waals surface area contributed by atoms with Crippen LogP contribution in [0, 0.1) is 0 Å². The number of nitrogens with zero attached hydrogens (tertiary/aromatic N) is 4. The van der Waals surface area contributed by atoms with E-state index in [4.69, 9.17) is 15.0 Å². The number of pyridine rings is 1. The van der Waals surface area contributed by atoms with Crippen molar-refractivity contribution in [3.8, 4) is 50.8 Å². The Labute approximate surface area is 295 Å². The van der Waals surface area contributed by atoms with Gasteiger partial charge in [-0.15, -0.1) is 0 Å². The first-order valence-electron chi connectivity index (χ1n) is 17.2. The van der Waals surface area contributed by atoms with Gasteiger partial charge in [-0.25, -0.2) is 15.0 Å². The van der Waals surface area contributed by atoms with Gasteiger partial charge in [0.05, 0.1) is 33.6 Å². The van der Waals surface area contributed by atoms with Crippen LogP contribution in [-0.4, -0.2) is 19.5 Å². The van der Waals surface area contributed by atoms with E-state index in [0.29, 0.717) is 5.82 Å². The number of rotatable bonds is 5. The van der Waals surface area contributed by atoms with Gasteiger partial charge in [-0.1, -0.05) is 133 Å². The Morgan fingerprint density at radius 1 is 0.333 bits per heavy atom. The van der Waals surface area contributed by atoms with Gasteiger partial charge in [-0.2, -0.15) is 0 Å². The minimum Gasteiger partial charge on any atom is -0.309 e. The SMILES string of the molecule is c1ccc(-c2cc(-c3cccc(-c4nc5ccccc5c5cc6c7ccccc7n(-c7ccccc7)c6cc45)c3)nc(-c3ccccc3)n2)cc1. The summed E-state index contributed by atoms with van der Waals surface area (Å²) in [6.07, 6.45) is 0. The first kappa shape index (κ1) is 29.0. The lowest BCUT2D eigenvalue weighted by atomic mass is 9.96. The summed E-state index contributed by atoms with van der Waals surface area (Å²) in [5.74, 6) is 0.697. The van der Waals surface area contributed by atoms with Crippen LogP contribution in [0.1, 0.15) is 0 Å². The zero-order valence-corrected chi connectivity index (χ0v) is 27.6. The third-order valence-electron chi connectivity index (χ3n) is 9.77. The zero-order valence-electron chi connectivity index (χ0n) is 27.6. The van der Waals surface area contributed by atoms with Crippen LogP contribution >= 0.6 is 0 Å². The molecule has 0 amide bonds. The summed E-state index contributed by atoms with van der Waals surface area (Å²) in [5.41, 5.74) is 11.2. The average Bonchev–Trinajstić information content (AvgIpc) is 3.54. The quantitative estimate of drug-likeness (QED) is 0.174. The Bertz CT molecular complexity index is 2840. The standard InChI is InChI=1S/C47H30N4/c1-4-15-31(16-5-1)42-30-43(50-47(49-42)32-17-6-2-7-18-32)33-19-14-20-34(27-33)46-40-29-45-39(28-38(40)36-23-10-12-25-41(36)48-46)37-24-11-13-26-44(37)51(45)35-21-8-3-9-22-35/h1-30H. The summed E-state index contributed by atoms with van der Waals surface area (Å²) in [5, 5.41) is 5.89. The van der Waals surface area contributed by atoms with E-state index in [0.717, 1.165) is 66.8 Å². The second-order valence-corrected chi connectivity index (χ2v) is 12.9. The van der Waals surface area contributed by atoms with Crippen molar-refractivity contribution < 1.29 is 0 Å². The van der Waals surface area contributed by atoms with Gasteiger partial charge in [0.2, 0.25) is 0 Å². The summed E-state index contributed by atoms with van der Waals surface area (Å²) < 4.78 is 2.37. The van der Waals surface area contributed by atoms with Crippen molar-refractivity contribution in [1.82, 2.24) is 19.5 Å². The second-order valence-electron chi connectivity index (χ2n) is 12.9. The van der Waals surface area contributed by atoms with Crippen molar-refractivity contribution in [2.45, 2.75) is 0 Å². The molecule has 0 aliphatic carbocycles. The lowest BCUT2D eigenvalue weighted by Gasteiger charge is -2.14. The van der Waals surface area contributed by atoms with Gasteiger partial charge < -0.3 is 4.57 Å². The summed E-state index contributed by atoms with van der Waals surface area (Å²) >= 11 is 0. The molecule has 7 aromatic carbocycles. The molecule has 0 spiro atoms. The van der Waals surface area contributed by atoms with E-state index in [9.17, 15) is 0 Å². The van der Waals surface area contributed by atoms with Crippen LogP contribution in [0.5, 0.6) is 0 Å². The Kier molecular flexibility index (Phi) is 6.78. The van der Waals surface area contributed by atoms with Crippen molar-refractivity contribution in [3.05, 3.63) is 182 Å². The molecule has 0 atom stereocenters. The third kappa shape index (κ3) is 4.96. The fraction of sp³-hybridized carbons (Fsp3) is 0. The second kappa shape index (κ2) is 11.9. The van der Waals surface area contributed by atoms with E-state index in [1.807, 2.05) is 36.4 Å². The van der Waals surface area contributed by atoms with Crippen LogP contribution in [-0.2, 0) is 0 Å². The number of aromatic nitrogens is 4. The van der Waals surface area contributed by atoms with E-state index >= 15 is 0 Å². The first-order valence-corrected chi connectivity index (χ1v) is 17.2.